The van der Waals surface area contributed by atoms with Crippen LogP contribution < -0.4 is 4.90 Å². The van der Waals surface area contributed by atoms with Crippen LogP contribution in [0.25, 0.3) is 0 Å². The lowest BCUT2D eigenvalue weighted by Gasteiger charge is -2.34. The van der Waals surface area contributed by atoms with Crippen molar-refractivity contribution in [1.82, 2.24) is 4.90 Å². The van der Waals surface area contributed by atoms with Gasteiger partial charge in [0.25, 0.3) is 0 Å². The van der Waals surface area contributed by atoms with Crippen LogP contribution in [0.2, 0.25) is 5.02 Å². The quantitative estimate of drug-likeness (QED) is 0.868. The van der Waals surface area contributed by atoms with Crippen LogP contribution in [-0.2, 0) is 0 Å². The van der Waals surface area contributed by atoms with E-state index in [1.165, 1.54) is 9.79 Å². The number of anilines is 2. The molecule has 3 nitrogen and oxygen atoms in total. The highest BCUT2D eigenvalue weighted by Crippen LogP contribution is 2.48. The second-order valence-electron chi connectivity index (χ2n) is 5.71. The molecular weight excluding hydrogens is 351 g/mol. The van der Waals surface area contributed by atoms with Crippen molar-refractivity contribution in [3.63, 3.8) is 0 Å². The Kier molecular flexibility index (Phi) is 6.23. The van der Waals surface area contributed by atoms with Crippen molar-refractivity contribution in [2.75, 3.05) is 32.1 Å². The zero-order chi connectivity index (χ0) is 15.7. The molecule has 0 spiro atoms. The van der Waals surface area contributed by atoms with Crippen molar-refractivity contribution in [2.45, 2.75) is 15.9 Å². The molecule has 0 bridgehead atoms. The van der Waals surface area contributed by atoms with E-state index in [2.05, 4.69) is 17.0 Å². The van der Waals surface area contributed by atoms with E-state index >= 15 is 0 Å². The lowest BCUT2D eigenvalue weighted by atomic mass is 10.2. The minimum atomic E-state index is -0.432. The monoisotopic (exact) mass is 370 g/mol. The van der Waals surface area contributed by atoms with Gasteiger partial charge in [0.05, 0.1) is 24.0 Å². The van der Waals surface area contributed by atoms with Crippen LogP contribution in [0.4, 0.5) is 11.4 Å². The standard InChI is InChI=1S/C17H19ClN2OS.ClH/c1-19(2)10-13(21)11-20-14-5-3-4-6-16(14)22-17-8-7-12(18)9-15(17)20;/h3-9,13,21H,10-11H2,1-2H3;1H. The molecule has 0 fully saturated rings. The van der Waals surface area contributed by atoms with Crippen molar-refractivity contribution >= 4 is 47.1 Å². The smallest absolute Gasteiger partial charge is 0.0845 e. The number of halogens is 2. The number of hydrogen-bond acceptors (Lipinski definition) is 4. The summed E-state index contributed by atoms with van der Waals surface area (Å²) in [5.41, 5.74) is 2.19. The van der Waals surface area contributed by atoms with Crippen LogP contribution in [0.3, 0.4) is 0 Å². The summed E-state index contributed by atoms with van der Waals surface area (Å²) in [5, 5.41) is 11.1. The maximum atomic E-state index is 10.4. The molecule has 1 aliphatic heterocycles. The minimum absolute atomic E-state index is 0. The summed E-state index contributed by atoms with van der Waals surface area (Å²) in [6, 6.07) is 14.2. The first-order valence-corrected chi connectivity index (χ1v) is 8.41. The van der Waals surface area contributed by atoms with Gasteiger partial charge in [-0.25, -0.2) is 0 Å². The molecule has 2 aromatic rings. The van der Waals surface area contributed by atoms with Gasteiger partial charge in [-0.15, -0.1) is 12.4 Å². The van der Waals surface area contributed by atoms with Gasteiger partial charge in [-0.3, -0.25) is 0 Å². The Labute approximate surface area is 152 Å². The average molecular weight is 371 g/mol. The normalized spacial score (nSPS) is 14.0. The molecule has 0 aliphatic carbocycles. The summed E-state index contributed by atoms with van der Waals surface area (Å²) >= 11 is 7.93. The largest absolute Gasteiger partial charge is 0.390 e. The summed E-state index contributed by atoms with van der Waals surface area (Å²) in [4.78, 5) is 6.53. The predicted molar refractivity (Wildman–Crippen MR) is 101 cm³/mol. The zero-order valence-electron chi connectivity index (χ0n) is 13.1. The Morgan fingerprint density at radius 2 is 1.83 bits per heavy atom. The molecule has 0 aromatic heterocycles. The van der Waals surface area contributed by atoms with E-state index in [4.69, 9.17) is 11.6 Å². The fraction of sp³-hybridized carbons (Fsp3) is 0.294. The molecule has 1 aliphatic rings. The summed E-state index contributed by atoms with van der Waals surface area (Å²) < 4.78 is 0. The number of benzene rings is 2. The maximum absolute atomic E-state index is 10.4. The number of rotatable bonds is 4. The van der Waals surface area contributed by atoms with Gasteiger partial charge in [0.2, 0.25) is 0 Å². The first kappa shape index (κ1) is 18.4. The van der Waals surface area contributed by atoms with Crippen LogP contribution in [0.15, 0.2) is 52.3 Å². The van der Waals surface area contributed by atoms with Gasteiger partial charge in [-0.05, 0) is 44.4 Å². The predicted octanol–water partition coefficient (Wildman–Crippen LogP) is 4.29. The van der Waals surface area contributed by atoms with Gasteiger partial charge >= 0.3 is 0 Å². The highest BCUT2D eigenvalue weighted by Gasteiger charge is 2.25. The zero-order valence-corrected chi connectivity index (χ0v) is 15.5. The number of hydrogen-bond donors (Lipinski definition) is 1. The third-order valence-electron chi connectivity index (χ3n) is 3.56. The van der Waals surface area contributed by atoms with E-state index < -0.39 is 6.10 Å². The molecule has 124 valence electrons. The summed E-state index contributed by atoms with van der Waals surface area (Å²) in [6.45, 7) is 1.17. The number of aliphatic hydroxyl groups is 1. The van der Waals surface area contributed by atoms with E-state index in [1.807, 2.05) is 49.3 Å². The fourth-order valence-electron chi connectivity index (χ4n) is 2.69. The number of nitrogens with zero attached hydrogens (tertiary/aromatic N) is 2. The molecule has 1 N–H and O–H groups in total. The first-order valence-electron chi connectivity index (χ1n) is 7.21. The SMILES string of the molecule is CN(C)CC(O)CN1c2ccccc2Sc2ccc(Cl)cc21.Cl. The van der Waals surface area contributed by atoms with Crippen LogP contribution in [0.5, 0.6) is 0 Å². The van der Waals surface area contributed by atoms with Crippen LogP contribution in [0.1, 0.15) is 0 Å². The highest BCUT2D eigenvalue weighted by molar-refractivity contribution is 7.99. The molecule has 2 aromatic carbocycles. The summed E-state index contributed by atoms with van der Waals surface area (Å²) in [5.74, 6) is 0. The van der Waals surface area contributed by atoms with Gasteiger partial charge in [0.1, 0.15) is 0 Å². The molecule has 0 amide bonds. The first-order chi connectivity index (χ1) is 10.5. The van der Waals surface area contributed by atoms with Crippen LogP contribution in [-0.4, -0.2) is 43.3 Å². The van der Waals surface area contributed by atoms with Crippen molar-refractivity contribution < 1.29 is 5.11 Å². The lowest BCUT2D eigenvalue weighted by molar-refractivity contribution is 0.143. The third kappa shape index (κ3) is 4.14. The minimum Gasteiger partial charge on any atom is -0.390 e. The van der Waals surface area contributed by atoms with Gasteiger partial charge < -0.3 is 14.9 Å². The number of fused-ring (bicyclic) bond motifs is 2. The van der Waals surface area contributed by atoms with E-state index in [0.717, 1.165) is 11.4 Å². The van der Waals surface area contributed by atoms with E-state index in [9.17, 15) is 5.11 Å². The fourth-order valence-corrected chi connectivity index (χ4v) is 3.93. The molecule has 6 heteroatoms. The van der Waals surface area contributed by atoms with Gasteiger partial charge in [0, 0.05) is 21.4 Å². The number of β-amino-alcohol motifs (C(OH)–C–C–N with tert-alkyl or cyclic N) is 1. The second kappa shape index (κ2) is 7.77. The molecular formula is C17H20Cl2N2OS. The van der Waals surface area contributed by atoms with E-state index in [0.29, 0.717) is 18.1 Å². The summed E-state index contributed by atoms with van der Waals surface area (Å²) in [6.07, 6.45) is -0.432. The molecule has 1 heterocycles. The highest BCUT2D eigenvalue weighted by atomic mass is 35.5. The van der Waals surface area contributed by atoms with Gasteiger partial charge in [0.15, 0.2) is 0 Å². The van der Waals surface area contributed by atoms with Crippen molar-refractivity contribution in [3.05, 3.63) is 47.5 Å². The summed E-state index contributed by atoms with van der Waals surface area (Å²) in [7, 11) is 3.93. The van der Waals surface area contributed by atoms with Gasteiger partial charge in [-0.2, -0.15) is 0 Å². The molecule has 0 radical (unpaired) electrons. The molecule has 0 saturated heterocycles. The Hall–Kier alpha value is -0.910. The topological polar surface area (TPSA) is 26.7 Å². The van der Waals surface area contributed by atoms with Crippen LogP contribution in [0, 0.1) is 0 Å². The molecule has 1 unspecified atom stereocenters. The third-order valence-corrected chi connectivity index (χ3v) is 4.92. The maximum Gasteiger partial charge on any atom is 0.0845 e. The molecule has 3 rings (SSSR count). The van der Waals surface area contributed by atoms with E-state index in [-0.39, 0.29) is 12.4 Å². The average Bonchev–Trinajstić information content (AvgIpc) is 2.47. The van der Waals surface area contributed by atoms with Gasteiger partial charge in [-0.1, -0.05) is 35.5 Å². The Morgan fingerprint density at radius 1 is 1.13 bits per heavy atom. The van der Waals surface area contributed by atoms with E-state index in [1.54, 1.807) is 11.8 Å². The number of para-hydroxylation sites is 1. The Bertz CT molecular complexity index is 681. The number of likely N-dealkylation sites (N-methyl/N-ethyl adjacent to an activating group) is 1. The lowest BCUT2D eigenvalue weighted by Crippen LogP contribution is -2.36. The van der Waals surface area contributed by atoms with Crippen molar-refractivity contribution in [3.8, 4) is 0 Å². The van der Waals surface area contributed by atoms with Crippen molar-refractivity contribution in [1.29, 1.82) is 0 Å². The van der Waals surface area contributed by atoms with Crippen molar-refractivity contribution in [2.24, 2.45) is 0 Å². The Morgan fingerprint density at radius 3 is 2.57 bits per heavy atom. The number of aliphatic hydroxyl groups excluding tert-OH is 1. The Balaban J connectivity index is 0.00000192. The molecule has 23 heavy (non-hydrogen) atoms. The second-order valence-corrected chi connectivity index (χ2v) is 7.23. The van der Waals surface area contributed by atoms with Crippen LogP contribution >= 0.6 is 35.8 Å². The molecule has 1 atom stereocenters. The molecule has 0 saturated carbocycles.